The average molecular weight is 384 g/mol. The van der Waals surface area contributed by atoms with Gasteiger partial charge in [-0.1, -0.05) is 23.7 Å². The van der Waals surface area contributed by atoms with E-state index in [0.29, 0.717) is 13.2 Å². The maximum absolute atomic E-state index is 12.5. The van der Waals surface area contributed by atoms with Crippen LogP contribution in [0.2, 0.25) is 5.02 Å². The van der Waals surface area contributed by atoms with Crippen LogP contribution in [0.5, 0.6) is 0 Å². The molecular weight excluding hydrogens is 358 g/mol. The van der Waals surface area contributed by atoms with Crippen molar-refractivity contribution in [2.75, 3.05) is 64.8 Å². The molecule has 0 aromatic heterocycles. The Morgan fingerprint density at radius 1 is 1.04 bits per heavy atom. The van der Waals surface area contributed by atoms with E-state index >= 15 is 0 Å². The third kappa shape index (κ3) is 5.51. The lowest BCUT2D eigenvalue weighted by molar-refractivity contribution is 0.0377. The highest BCUT2D eigenvalue weighted by Gasteiger charge is 2.26. The number of morpholine rings is 1. The lowest BCUT2D eigenvalue weighted by Crippen LogP contribution is -2.54. The van der Waals surface area contributed by atoms with E-state index in [1.165, 1.54) is 0 Å². The average Bonchev–Trinajstić information content (AvgIpc) is 2.67. The summed E-state index contributed by atoms with van der Waals surface area (Å²) >= 11 is 8.00. The minimum Gasteiger partial charge on any atom is -0.378 e. The van der Waals surface area contributed by atoms with Gasteiger partial charge in [0.05, 0.1) is 18.2 Å². The standard InChI is InChI=1S/C18H26ClN3O2S/c19-16-4-1-2-5-17(16)25-15-3-6-20-7-9-21(10-8-20)18(23)22-11-13-24-14-12-22/h1-2,4-5H,3,6-15H2. The first kappa shape index (κ1) is 18.8. The zero-order chi connectivity index (χ0) is 17.5. The van der Waals surface area contributed by atoms with Crippen molar-refractivity contribution in [2.24, 2.45) is 0 Å². The van der Waals surface area contributed by atoms with E-state index in [4.69, 9.17) is 16.3 Å². The van der Waals surface area contributed by atoms with Crippen molar-refractivity contribution < 1.29 is 9.53 Å². The second kappa shape index (κ2) is 9.67. The molecule has 2 aliphatic rings. The molecule has 0 aliphatic carbocycles. The Morgan fingerprint density at radius 2 is 1.72 bits per heavy atom. The number of hydrogen-bond acceptors (Lipinski definition) is 4. The van der Waals surface area contributed by atoms with Gasteiger partial charge in [0.1, 0.15) is 0 Å². The molecule has 1 aromatic rings. The van der Waals surface area contributed by atoms with Crippen LogP contribution in [0.15, 0.2) is 29.2 Å². The van der Waals surface area contributed by atoms with Crippen molar-refractivity contribution >= 4 is 29.4 Å². The zero-order valence-electron chi connectivity index (χ0n) is 14.5. The van der Waals surface area contributed by atoms with Crippen molar-refractivity contribution in [3.05, 3.63) is 29.3 Å². The lowest BCUT2D eigenvalue weighted by atomic mass is 10.3. The number of carbonyl (C=O) groups is 1. The lowest BCUT2D eigenvalue weighted by Gasteiger charge is -2.38. The number of rotatable bonds is 5. The Balaban J connectivity index is 1.32. The number of carbonyl (C=O) groups excluding carboxylic acids is 1. The fraction of sp³-hybridized carbons (Fsp3) is 0.611. The van der Waals surface area contributed by atoms with Gasteiger partial charge in [-0.25, -0.2) is 4.79 Å². The Morgan fingerprint density at radius 3 is 2.44 bits per heavy atom. The van der Waals surface area contributed by atoms with Gasteiger partial charge in [0, 0.05) is 44.2 Å². The first-order chi connectivity index (χ1) is 12.2. The predicted molar refractivity (Wildman–Crippen MR) is 103 cm³/mol. The van der Waals surface area contributed by atoms with E-state index in [0.717, 1.165) is 67.9 Å². The van der Waals surface area contributed by atoms with Crippen LogP contribution in [0.3, 0.4) is 0 Å². The van der Waals surface area contributed by atoms with E-state index in [1.54, 1.807) is 0 Å². The minimum atomic E-state index is 0.178. The number of ether oxygens (including phenoxy) is 1. The van der Waals surface area contributed by atoms with Crippen LogP contribution in [0.25, 0.3) is 0 Å². The summed E-state index contributed by atoms with van der Waals surface area (Å²) in [6.07, 6.45) is 1.13. The molecule has 2 amide bonds. The van der Waals surface area contributed by atoms with E-state index in [2.05, 4.69) is 11.0 Å². The number of urea groups is 1. The maximum atomic E-state index is 12.5. The molecule has 0 unspecified atom stereocenters. The molecule has 0 atom stereocenters. The van der Waals surface area contributed by atoms with Gasteiger partial charge >= 0.3 is 6.03 Å². The number of halogens is 1. The molecule has 0 saturated carbocycles. The third-order valence-electron chi connectivity index (χ3n) is 4.64. The minimum absolute atomic E-state index is 0.178. The van der Waals surface area contributed by atoms with Crippen LogP contribution >= 0.6 is 23.4 Å². The molecule has 0 bridgehead atoms. The fourth-order valence-corrected chi connectivity index (χ4v) is 4.32. The molecule has 5 nitrogen and oxygen atoms in total. The highest BCUT2D eigenvalue weighted by atomic mass is 35.5. The largest absolute Gasteiger partial charge is 0.378 e. The number of benzene rings is 1. The molecule has 1 aromatic carbocycles. The summed E-state index contributed by atoms with van der Waals surface area (Å²) in [4.78, 5) is 20.0. The number of amides is 2. The molecule has 7 heteroatoms. The highest BCUT2D eigenvalue weighted by molar-refractivity contribution is 7.99. The van der Waals surface area contributed by atoms with Gasteiger partial charge in [0.25, 0.3) is 0 Å². The van der Waals surface area contributed by atoms with Crippen molar-refractivity contribution in [1.29, 1.82) is 0 Å². The van der Waals surface area contributed by atoms with Gasteiger partial charge < -0.3 is 14.5 Å². The molecule has 2 heterocycles. The van der Waals surface area contributed by atoms with Crippen LogP contribution in [-0.2, 0) is 4.74 Å². The van der Waals surface area contributed by atoms with E-state index in [-0.39, 0.29) is 6.03 Å². The first-order valence-electron chi connectivity index (χ1n) is 8.95. The monoisotopic (exact) mass is 383 g/mol. The Labute approximate surface area is 159 Å². The highest BCUT2D eigenvalue weighted by Crippen LogP contribution is 2.27. The van der Waals surface area contributed by atoms with Gasteiger partial charge in [-0.3, -0.25) is 4.90 Å². The molecule has 0 spiro atoms. The summed E-state index contributed by atoms with van der Waals surface area (Å²) in [6.45, 7) is 7.43. The van der Waals surface area contributed by atoms with E-state index < -0.39 is 0 Å². The number of nitrogens with zero attached hydrogens (tertiary/aromatic N) is 3. The van der Waals surface area contributed by atoms with Crippen LogP contribution < -0.4 is 0 Å². The van der Waals surface area contributed by atoms with Gasteiger partial charge in [-0.05, 0) is 30.9 Å². The molecule has 3 rings (SSSR count). The summed E-state index contributed by atoms with van der Waals surface area (Å²) < 4.78 is 5.32. The summed E-state index contributed by atoms with van der Waals surface area (Å²) in [5.74, 6) is 1.07. The van der Waals surface area contributed by atoms with E-state index in [9.17, 15) is 4.79 Å². The molecule has 2 fully saturated rings. The number of piperazine rings is 1. The first-order valence-corrected chi connectivity index (χ1v) is 10.3. The fourth-order valence-electron chi connectivity index (χ4n) is 3.15. The SMILES string of the molecule is O=C(N1CCOCC1)N1CCN(CCCSc2ccccc2Cl)CC1. The number of hydrogen-bond donors (Lipinski definition) is 0. The van der Waals surface area contributed by atoms with Gasteiger partial charge in [-0.2, -0.15) is 0 Å². The van der Waals surface area contributed by atoms with Gasteiger partial charge in [0.2, 0.25) is 0 Å². The van der Waals surface area contributed by atoms with Crippen molar-refractivity contribution in [3.8, 4) is 0 Å². The van der Waals surface area contributed by atoms with Crippen LogP contribution in [0.4, 0.5) is 4.79 Å². The second-order valence-electron chi connectivity index (χ2n) is 6.34. The van der Waals surface area contributed by atoms with Crippen LogP contribution in [0.1, 0.15) is 6.42 Å². The molecule has 2 aliphatic heterocycles. The molecule has 2 saturated heterocycles. The molecular formula is C18H26ClN3O2S. The summed E-state index contributed by atoms with van der Waals surface area (Å²) in [5.41, 5.74) is 0. The maximum Gasteiger partial charge on any atom is 0.320 e. The predicted octanol–water partition coefficient (Wildman–Crippen LogP) is 2.89. The molecule has 0 radical (unpaired) electrons. The van der Waals surface area contributed by atoms with Crippen LogP contribution in [0, 0.1) is 0 Å². The second-order valence-corrected chi connectivity index (χ2v) is 7.89. The number of thioether (sulfide) groups is 1. The normalized spacial score (nSPS) is 19.2. The van der Waals surface area contributed by atoms with Crippen LogP contribution in [-0.4, -0.2) is 85.5 Å². The molecule has 25 heavy (non-hydrogen) atoms. The van der Waals surface area contributed by atoms with E-state index in [1.807, 2.05) is 39.8 Å². The van der Waals surface area contributed by atoms with Crippen molar-refractivity contribution in [2.45, 2.75) is 11.3 Å². The topological polar surface area (TPSA) is 36.0 Å². The Kier molecular flexibility index (Phi) is 7.28. The molecule has 138 valence electrons. The molecule has 0 N–H and O–H groups in total. The quantitative estimate of drug-likeness (QED) is 0.578. The van der Waals surface area contributed by atoms with Gasteiger partial charge in [0.15, 0.2) is 0 Å². The smallest absolute Gasteiger partial charge is 0.320 e. The summed E-state index contributed by atoms with van der Waals surface area (Å²) in [7, 11) is 0. The Bertz CT molecular complexity index is 561. The van der Waals surface area contributed by atoms with Crippen molar-refractivity contribution in [3.63, 3.8) is 0 Å². The van der Waals surface area contributed by atoms with Gasteiger partial charge in [-0.15, -0.1) is 11.8 Å². The van der Waals surface area contributed by atoms with Crippen molar-refractivity contribution in [1.82, 2.24) is 14.7 Å². The zero-order valence-corrected chi connectivity index (χ0v) is 16.1. The summed E-state index contributed by atoms with van der Waals surface area (Å²) in [5, 5.41) is 0.836. The Hall–Kier alpha value is -0.950. The summed E-state index contributed by atoms with van der Waals surface area (Å²) in [6, 6.07) is 8.18. The third-order valence-corrected chi connectivity index (χ3v) is 6.24.